The van der Waals surface area contributed by atoms with Crippen LogP contribution in [0.15, 0.2) is 30.3 Å². The SMILES string of the molecule is CC(NCC(=O)OCc1ccccc1)OS(C)(=O)=O. The van der Waals surface area contributed by atoms with Gasteiger partial charge in [-0.05, 0) is 12.5 Å². The number of ether oxygens (including phenoxy) is 1. The molecule has 0 amide bonds. The van der Waals surface area contributed by atoms with Gasteiger partial charge in [-0.3, -0.25) is 14.3 Å². The Morgan fingerprint density at radius 2 is 1.95 bits per heavy atom. The van der Waals surface area contributed by atoms with Crippen molar-refractivity contribution in [2.45, 2.75) is 19.8 Å². The van der Waals surface area contributed by atoms with Crippen LogP contribution in [0.5, 0.6) is 0 Å². The minimum absolute atomic E-state index is 0.122. The largest absolute Gasteiger partial charge is 0.460 e. The number of esters is 1. The molecule has 1 rings (SSSR count). The molecule has 1 N–H and O–H groups in total. The smallest absolute Gasteiger partial charge is 0.320 e. The van der Waals surface area contributed by atoms with Crippen molar-refractivity contribution in [3.8, 4) is 0 Å². The lowest BCUT2D eigenvalue weighted by molar-refractivity contribution is -0.144. The van der Waals surface area contributed by atoms with E-state index in [0.29, 0.717) is 0 Å². The van der Waals surface area contributed by atoms with Crippen LogP contribution in [0.2, 0.25) is 0 Å². The topological polar surface area (TPSA) is 81.7 Å². The minimum atomic E-state index is -3.54. The highest BCUT2D eigenvalue weighted by Gasteiger charge is 2.11. The highest BCUT2D eigenvalue weighted by molar-refractivity contribution is 7.86. The summed E-state index contributed by atoms with van der Waals surface area (Å²) in [6, 6.07) is 9.26. The lowest BCUT2D eigenvalue weighted by Crippen LogP contribution is -2.35. The van der Waals surface area contributed by atoms with Gasteiger partial charge in [0.25, 0.3) is 10.1 Å². The van der Waals surface area contributed by atoms with E-state index < -0.39 is 22.3 Å². The molecule has 19 heavy (non-hydrogen) atoms. The van der Waals surface area contributed by atoms with Gasteiger partial charge in [0.2, 0.25) is 0 Å². The van der Waals surface area contributed by atoms with Crippen molar-refractivity contribution in [3.05, 3.63) is 35.9 Å². The molecular weight excluding hydrogens is 270 g/mol. The van der Waals surface area contributed by atoms with Crippen molar-refractivity contribution in [1.82, 2.24) is 5.32 Å². The van der Waals surface area contributed by atoms with Crippen LogP contribution >= 0.6 is 0 Å². The van der Waals surface area contributed by atoms with Gasteiger partial charge in [0, 0.05) is 0 Å². The first-order valence-corrected chi connectivity index (χ1v) is 7.49. The number of benzene rings is 1. The summed E-state index contributed by atoms with van der Waals surface area (Å²) in [5.41, 5.74) is 0.885. The summed E-state index contributed by atoms with van der Waals surface area (Å²) >= 11 is 0. The van der Waals surface area contributed by atoms with Gasteiger partial charge in [-0.15, -0.1) is 0 Å². The van der Waals surface area contributed by atoms with Gasteiger partial charge < -0.3 is 4.74 Å². The van der Waals surface area contributed by atoms with Gasteiger partial charge in [0.15, 0.2) is 0 Å². The molecule has 106 valence electrons. The van der Waals surface area contributed by atoms with E-state index in [2.05, 4.69) is 9.50 Å². The zero-order chi connectivity index (χ0) is 14.3. The van der Waals surface area contributed by atoms with Gasteiger partial charge in [-0.2, -0.15) is 8.42 Å². The lowest BCUT2D eigenvalue weighted by atomic mass is 10.2. The van der Waals surface area contributed by atoms with Gasteiger partial charge in [0.1, 0.15) is 12.8 Å². The number of hydrogen-bond acceptors (Lipinski definition) is 6. The summed E-state index contributed by atoms with van der Waals surface area (Å²) in [4.78, 5) is 11.4. The normalized spacial score (nSPS) is 12.9. The van der Waals surface area contributed by atoms with Crippen LogP contribution in [-0.4, -0.2) is 33.4 Å². The molecule has 0 aromatic heterocycles. The average Bonchev–Trinajstić information content (AvgIpc) is 2.33. The second-order valence-corrected chi connectivity index (χ2v) is 5.57. The Morgan fingerprint density at radius 3 is 2.53 bits per heavy atom. The maximum Gasteiger partial charge on any atom is 0.320 e. The predicted octanol–water partition coefficient (Wildman–Crippen LogP) is 0.642. The maximum atomic E-state index is 11.4. The Kier molecular flexibility index (Phi) is 5.94. The third-order valence-electron chi connectivity index (χ3n) is 2.10. The van der Waals surface area contributed by atoms with E-state index in [9.17, 15) is 13.2 Å². The molecule has 0 aliphatic heterocycles. The molecule has 0 aliphatic rings. The molecule has 0 spiro atoms. The van der Waals surface area contributed by atoms with Crippen LogP contribution < -0.4 is 5.32 Å². The monoisotopic (exact) mass is 287 g/mol. The summed E-state index contributed by atoms with van der Waals surface area (Å²) in [6.07, 6.45) is 0.165. The van der Waals surface area contributed by atoms with E-state index in [1.165, 1.54) is 6.92 Å². The Bertz CT molecular complexity index is 500. The average molecular weight is 287 g/mol. The van der Waals surface area contributed by atoms with Gasteiger partial charge in [-0.1, -0.05) is 30.3 Å². The maximum absolute atomic E-state index is 11.4. The number of rotatable bonds is 7. The predicted molar refractivity (Wildman–Crippen MR) is 69.6 cm³/mol. The molecule has 0 saturated carbocycles. The second kappa shape index (κ2) is 7.22. The third-order valence-corrected chi connectivity index (χ3v) is 2.73. The van der Waals surface area contributed by atoms with Crippen LogP contribution in [0, 0.1) is 0 Å². The molecule has 0 aliphatic carbocycles. The number of nitrogens with one attached hydrogen (secondary N) is 1. The van der Waals surface area contributed by atoms with Crippen LogP contribution in [0.1, 0.15) is 12.5 Å². The van der Waals surface area contributed by atoms with E-state index in [-0.39, 0.29) is 13.2 Å². The quantitative estimate of drug-likeness (QED) is 0.450. The molecule has 0 saturated heterocycles. The Morgan fingerprint density at radius 1 is 1.32 bits per heavy atom. The highest BCUT2D eigenvalue weighted by atomic mass is 32.2. The van der Waals surface area contributed by atoms with Crippen molar-refractivity contribution in [2.75, 3.05) is 12.8 Å². The van der Waals surface area contributed by atoms with Crippen molar-refractivity contribution < 1.29 is 22.1 Å². The number of carbonyl (C=O) groups is 1. The second-order valence-electron chi connectivity index (χ2n) is 3.97. The van der Waals surface area contributed by atoms with E-state index >= 15 is 0 Å². The first-order valence-electron chi connectivity index (χ1n) is 5.68. The molecule has 1 aromatic carbocycles. The molecule has 6 nitrogen and oxygen atoms in total. The molecule has 0 fully saturated rings. The highest BCUT2D eigenvalue weighted by Crippen LogP contribution is 2.00. The lowest BCUT2D eigenvalue weighted by Gasteiger charge is -2.12. The van der Waals surface area contributed by atoms with Crippen LogP contribution in [0.3, 0.4) is 0 Å². The molecule has 1 unspecified atom stereocenters. The molecule has 0 heterocycles. The Balaban J connectivity index is 2.25. The van der Waals surface area contributed by atoms with Crippen molar-refractivity contribution in [3.63, 3.8) is 0 Å². The summed E-state index contributed by atoms with van der Waals surface area (Å²) in [7, 11) is -3.54. The first-order chi connectivity index (χ1) is 8.87. The summed E-state index contributed by atoms with van der Waals surface area (Å²) in [5.74, 6) is -0.479. The van der Waals surface area contributed by atoms with Gasteiger partial charge in [0.05, 0.1) is 12.8 Å². The first kappa shape index (κ1) is 15.6. The van der Waals surface area contributed by atoms with Gasteiger partial charge >= 0.3 is 5.97 Å². The summed E-state index contributed by atoms with van der Waals surface area (Å²) in [5, 5.41) is 2.60. The van der Waals surface area contributed by atoms with Crippen molar-refractivity contribution in [2.24, 2.45) is 0 Å². The van der Waals surface area contributed by atoms with Crippen molar-refractivity contribution >= 4 is 16.1 Å². The third kappa shape index (κ3) is 7.55. The molecular formula is C12H17NO5S. The van der Waals surface area contributed by atoms with E-state index in [4.69, 9.17) is 4.74 Å². The van der Waals surface area contributed by atoms with Crippen molar-refractivity contribution in [1.29, 1.82) is 0 Å². The Hall–Kier alpha value is -1.44. The van der Waals surface area contributed by atoms with Gasteiger partial charge in [-0.25, -0.2) is 0 Å². The zero-order valence-corrected chi connectivity index (χ0v) is 11.6. The molecule has 0 bridgehead atoms. The minimum Gasteiger partial charge on any atom is -0.460 e. The zero-order valence-electron chi connectivity index (χ0n) is 10.8. The van der Waals surface area contributed by atoms with E-state index in [0.717, 1.165) is 11.8 Å². The van der Waals surface area contributed by atoms with Crippen LogP contribution in [-0.2, 0) is 30.4 Å². The summed E-state index contributed by atoms with van der Waals surface area (Å²) in [6.45, 7) is 1.55. The molecule has 0 radical (unpaired) electrons. The standard InChI is InChI=1S/C12H17NO5S/c1-10(18-19(2,15)16)13-8-12(14)17-9-11-6-4-3-5-7-11/h3-7,10,13H,8-9H2,1-2H3. The summed E-state index contributed by atoms with van der Waals surface area (Å²) < 4.78 is 31.2. The number of carbonyl (C=O) groups excluding carboxylic acids is 1. The van der Waals surface area contributed by atoms with E-state index in [1.807, 2.05) is 30.3 Å². The Labute approximate surface area is 112 Å². The molecule has 1 aromatic rings. The number of hydrogen-bond donors (Lipinski definition) is 1. The fourth-order valence-corrected chi connectivity index (χ4v) is 1.90. The molecule has 7 heteroatoms. The van der Waals surface area contributed by atoms with Crippen LogP contribution in [0.25, 0.3) is 0 Å². The van der Waals surface area contributed by atoms with Crippen LogP contribution in [0.4, 0.5) is 0 Å². The fourth-order valence-electron chi connectivity index (χ4n) is 1.31. The van der Waals surface area contributed by atoms with E-state index in [1.54, 1.807) is 0 Å². The molecule has 1 atom stereocenters. The fraction of sp³-hybridized carbons (Fsp3) is 0.417.